The summed E-state index contributed by atoms with van der Waals surface area (Å²) in [6.45, 7) is 0.414. The fraction of sp³-hybridized carbons (Fsp3) is 0.556. The van der Waals surface area contributed by atoms with Crippen molar-refractivity contribution in [3.63, 3.8) is 0 Å². The monoisotopic (exact) mass is 304 g/mol. The zero-order valence-electron chi connectivity index (χ0n) is 10.0. The predicted octanol–water partition coefficient (Wildman–Crippen LogP) is 2.08. The number of aryl methyl sites for hydroxylation is 1. The van der Waals surface area contributed by atoms with Crippen molar-refractivity contribution >= 4 is 5.82 Å². The normalized spacial score (nSPS) is 12.8. The van der Waals surface area contributed by atoms with Crippen LogP contribution < -0.4 is 11.3 Å². The van der Waals surface area contributed by atoms with Gasteiger partial charge in [-0.2, -0.15) is 26.3 Å². The molecule has 20 heavy (non-hydrogen) atoms. The van der Waals surface area contributed by atoms with Gasteiger partial charge in [0.15, 0.2) is 5.82 Å². The lowest BCUT2D eigenvalue weighted by molar-refractivity contribution is -0.324. The molecule has 0 atom stereocenters. The quantitative estimate of drug-likeness (QED) is 0.506. The topological polar surface area (TPSA) is 73.1 Å². The summed E-state index contributed by atoms with van der Waals surface area (Å²) in [5.74, 6) is 4.74. The molecular formula is C9H10F6N4O. The van der Waals surface area contributed by atoms with Gasteiger partial charge in [-0.05, 0) is 6.92 Å². The van der Waals surface area contributed by atoms with E-state index in [1.54, 1.807) is 0 Å². The number of rotatable bonds is 4. The highest BCUT2D eigenvalue weighted by atomic mass is 19.4. The minimum Gasteiger partial charge on any atom is -0.353 e. The highest BCUT2D eigenvalue weighted by Crippen LogP contribution is 2.36. The Bertz CT molecular complexity index is 447. The van der Waals surface area contributed by atoms with E-state index in [9.17, 15) is 26.3 Å². The molecule has 0 radical (unpaired) electrons. The number of nitrogen functional groups attached to an aromatic ring is 1. The van der Waals surface area contributed by atoms with Crippen molar-refractivity contribution in [2.75, 3.05) is 5.43 Å². The number of hydrogen-bond donors (Lipinski definition) is 2. The van der Waals surface area contributed by atoms with Crippen LogP contribution in [0, 0.1) is 6.92 Å². The van der Waals surface area contributed by atoms with Gasteiger partial charge in [-0.3, -0.25) is 0 Å². The molecule has 5 nitrogen and oxygen atoms in total. The van der Waals surface area contributed by atoms with E-state index in [-0.39, 0.29) is 11.6 Å². The number of hydrazine groups is 1. The van der Waals surface area contributed by atoms with Gasteiger partial charge in [0, 0.05) is 11.8 Å². The van der Waals surface area contributed by atoms with Gasteiger partial charge < -0.3 is 10.2 Å². The molecule has 1 aromatic rings. The van der Waals surface area contributed by atoms with Crippen LogP contribution in [0.25, 0.3) is 0 Å². The standard InChI is InChI=1S/C9H10F6N4O/c1-4-2-5(19-16)18-6(17-4)3-20-7(8(10,11)12)9(13,14)15/h2,7H,3,16H2,1H3,(H,17,18,19). The summed E-state index contributed by atoms with van der Waals surface area (Å²) in [6, 6.07) is 1.36. The first-order valence-electron chi connectivity index (χ1n) is 5.10. The molecule has 0 aliphatic carbocycles. The van der Waals surface area contributed by atoms with Crippen LogP contribution in [0.3, 0.4) is 0 Å². The molecule has 0 unspecified atom stereocenters. The van der Waals surface area contributed by atoms with Crippen molar-refractivity contribution in [2.45, 2.75) is 32.0 Å². The highest BCUT2D eigenvalue weighted by molar-refractivity contribution is 5.33. The third-order valence-corrected chi connectivity index (χ3v) is 2.02. The second kappa shape index (κ2) is 5.79. The fourth-order valence-electron chi connectivity index (χ4n) is 1.30. The zero-order chi connectivity index (χ0) is 15.6. The first kappa shape index (κ1) is 16.4. The maximum atomic E-state index is 12.2. The minimum atomic E-state index is -5.57. The molecule has 0 saturated heterocycles. The summed E-state index contributed by atoms with van der Waals surface area (Å²) < 4.78 is 77.2. The molecular weight excluding hydrogens is 294 g/mol. The van der Waals surface area contributed by atoms with Gasteiger partial charge in [-0.1, -0.05) is 0 Å². The van der Waals surface area contributed by atoms with Crippen LogP contribution in [-0.2, 0) is 11.3 Å². The van der Waals surface area contributed by atoms with Gasteiger partial charge in [-0.25, -0.2) is 15.8 Å². The van der Waals surface area contributed by atoms with Crippen molar-refractivity contribution in [1.82, 2.24) is 9.97 Å². The van der Waals surface area contributed by atoms with Crippen molar-refractivity contribution in [2.24, 2.45) is 5.84 Å². The Hall–Kier alpha value is -1.62. The van der Waals surface area contributed by atoms with Gasteiger partial charge in [0.2, 0.25) is 6.10 Å². The summed E-state index contributed by atoms with van der Waals surface area (Å²) >= 11 is 0. The van der Waals surface area contributed by atoms with Crippen LogP contribution >= 0.6 is 0 Å². The number of nitrogens with one attached hydrogen (secondary N) is 1. The summed E-state index contributed by atoms with van der Waals surface area (Å²) in [7, 11) is 0. The van der Waals surface area contributed by atoms with E-state index in [1.807, 2.05) is 0 Å². The van der Waals surface area contributed by atoms with Crippen molar-refractivity contribution < 1.29 is 31.1 Å². The summed E-state index contributed by atoms with van der Waals surface area (Å²) in [6.07, 6.45) is -15.0. The number of nitrogens with two attached hydrogens (primary N) is 1. The summed E-state index contributed by atoms with van der Waals surface area (Å²) in [5.41, 5.74) is 2.41. The smallest absolute Gasteiger partial charge is 0.353 e. The van der Waals surface area contributed by atoms with E-state index in [0.717, 1.165) is 0 Å². The van der Waals surface area contributed by atoms with E-state index < -0.39 is 25.1 Å². The number of nitrogens with zero attached hydrogens (tertiary/aromatic N) is 2. The second-order valence-electron chi connectivity index (χ2n) is 3.73. The van der Waals surface area contributed by atoms with E-state index in [4.69, 9.17) is 5.84 Å². The Morgan fingerprint density at radius 2 is 1.75 bits per heavy atom. The first-order valence-corrected chi connectivity index (χ1v) is 5.10. The van der Waals surface area contributed by atoms with Gasteiger partial charge in [0.25, 0.3) is 0 Å². The molecule has 0 saturated carbocycles. The lowest BCUT2D eigenvalue weighted by atomic mass is 10.3. The first-order chi connectivity index (χ1) is 9.04. The molecule has 114 valence electrons. The lowest BCUT2D eigenvalue weighted by Crippen LogP contribution is -2.44. The Morgan fingerprint density at radius 1 is 1.20 bits per heavy atom. The minimum absolute atomic E-state index is 0.0478. The molecule has 0 aromatic carbocycles. The van der Waals surface area contributed by atoms with E-state index in [1.165, 1.54) is 13.0 Å². The van der Waals surface area contributed by atoms with Crippen LogP contribution in [-0.4, -0.2) is 28.4 Å². The maximum absolute atomic E-state index is 12.2. The number of hydrogen-bond acceptors (Lipinski definition) is 5. The van der Waals surface area contributed by atoms with Crippen LogP contribution in [0.4, 0.5) is 32.2 Å². The van der Waals surface area contributed by atoms with Gasteiger partial charge >= 0.3 is 12.4 Å². The van der Waals surface area contributed by atoms with Gasteiger partial charge in [0.05, 0.1) is 0 Å². The highest BCUT2D eigenvalue weighted by Gasteiger charge is 2.58. The number of aromatic nitrogens is 2. The Kier molecular flexibility index (Phi) is 4.76. The molecule has 1 rings (SSSR count). The second-order valence-corrected chi connectivity index (χ2v) is 3.73. The molecule has 1 aromatic heterocycles. The van der Waals surface area contributed by atoms with Crippen LogP contribution in [0.1, 0.15) is 11.5 Å². The van der Waals surface area contributed by atoms with Gasteiger partial charge in [-0.15, -0.1) is 0 Å². The molecule has 0 amide bonds. The Balaban J connectivity index is 2.86. The number of anilines is 1. The zero-order valence-corrected chi connectivity index (χ0v) is 10.0. The molecule has 1 heterocycles. The third kappa shape index (κ3) is 4.49. The Labute approximate surface area is 109 Å². The summed E-state index contributed by atoms with van der Waals surface area (Å²) in [5, 5.41) is 0. The van der Waals surface area contributed by atoms with E-state index in [0.29, 0.717) is 5.69 Å². The molecule has 0 bridgehead atoms. The average molecular weight is 304 g/mol. The van der Waals surface area contributed by atoms with Crippen LogP contribution in [0.2, 0.25) is 0 Å². The third-order valence-electron chi connectivity index (χ3n) is 2.02. The van der Waals surface area contributed by atoms with Crippen LogP contribution in [0.5, 0.6) is 0 Å². The lowest BCUT2D eigenvalue weighted by Gasteiger charge is -2.22. The van der Waals surface area contributed by atoms with Crippen LogP contribution in [0.15, 0.2) is 6.07 Å². The molecule has 0 fully saturated rings. The Morgan fingerprint density at radius 3 is 2.20 bits per heavy atom. The van der Waals surface area contributed by atoms with Crippen molar-refractivity contribution in [3.05, 3.63) is 17.6 Å². The molecule has 0 aliphatic heterocycles. The van der Waals surface area contributed by atoms with Crippen molar-refractivity contribution in [3.8, 4) is 0 Å². The largest absolute Gasteiger partial charge is 0.423 e. The number of halogens is 6. The van der Waals surface area contributed by atoms with E-state index >= 15 is 0 Å². The average Bonchev–Trinajstić information content (AvgIpc) is 2.24. The molecule has 11 heteroatoms. The maximum Gasteiger partial charge on any atom is 0.423 e. The molecule has 0 spiro atoms. The van der Waals surface area contributed by atoms with Gasteiger partial charge in [0.1, 0.15) is 12.4 Å². The SMILES string of the molecule is Cc1cc(NN)nc(COC(C(F)(F)F)C(F)(F)F)n1. The fourth-order valence-corrected chi connectivity index (χ4v) is 1.30. The predicted molar refractivity (Wildman–Crippen MR) is 55.3 cm³/mol. The number of alkyl halides is 6. The van der Waals surface area contributed by atoms with E-state index in [2.05, 4.69) is 20.1 Å². The summed E-state index contributed by atoms with van der Waals surface area (Å²) in [4.78, 5) is 7.23. The molecule has 3 N–H and O–H groups in total. The molecule has 0 aliphatic rings. The van der Waals surface area contributed by atoms with Crippen molar-refractivity contribution in [1.29, 1.82) is 0 Å². The number of ether oxygens (including phenoxy) is 1.